The number of nitrogen functional groups attached to an aromatic ring is 1. The SMILES string of the molecule is Cc1nn(C)c(N)c1Cn1cccc(C)c1=O. The number of pyridine rings is 1. The van der Waals surface area contributed by atoms with Crippen molar-refractivity contribution in [2.45, 2.75) is 20.4 Å². The van der Waals surface area contributed by atoms with E-state index in [4.69, 9.17) is 5.73 Å². The molecule has 0 radical (unpaired) electrons. The lowest BCUT2D eigenvalue weighted by molar-refractivity contribution is 0.750. The van der Waals surface area contributed by atoms with Gasteiger partial charge < -0.3 is 10.3 Å². The van der Waals surface area contributed by atoms with E-state index in [0.717, 1.165) is 16.8 Å². The van der Waals surface area contributed by atoms with Crippen LogP contribution in [0.15, 0.2) is 23.1 Å². The average Bonchev–Trinajstić information content (AvgIpc) is 2.51. The Morgan fingerprint density at radius 3 is 2.71 bits per heavy atom. The molecule has 2 aromatic heterocycles. The summed E-state index contributed by atoms with van der Waals surface area (Å²) >= 11 is 0. The molecular weight excluding hydrogens is 216 g/mol. The molecule has 0 saturated carbocycles. The third-order valence-electron chi connectivity index (χ3n) is 2.93. The van der Waals surface area contributed by atoms with Gasteiger partial charge in [-0.2, -0.15) is 5.10 Å². The Morgan fingerprint density at radius 1 is 1.41 bits per heavy atom. The molecule has 0 amide bonds. The van der Waals surface area contributed by atoms with Gasteiger partial charge in [0.05, 0.1) is 12.2 Å². The Hall–Kier alpha value is -2.04. The number of anilines is 1. The summed E-state index contributed by atoms with van der Waals surface area (Å²) < 4.78 is 3.28. The van der Waals surface area contributed by atoms with Crippen molar-refractivity contribution in [2.24, 2.45) is 7.05 Å². The van der Waals surface area contributed by atoms with Crippen molar-refractivity contribution in [1.82, 2.24) is 14.3 Å². The van der Waals surface area contributed by atoms with Gasteiger partial charge in [0.25, 0.3) is 5.56 Å². The molecule has 0 aromatic carbocycles. The third-order valence-corrected chi connectivity index (χ3v) is 2.93. The Bertz CT molecular complexity index is 609. The van der Waals surface area contributed by atoms with Crippen molar-refractivity contribution in [3.05, 3.63) is 45.5 Å². The largest absolute Gasteiger partial charge is 0.384 e. The van der Waals surface area contributed by atoms with E-state index >= 15 is 0 Å². The van der Waals surface area contributed by atoms with Crippen molar-refractivity contribution in [1.29, 1.82) is 0 Å². The van der Waals surface area contributed by atoms with Gasteiger partial charge in [0, 0.05) is 24.4 Å². The number of hydrogen-bond acceptors (Lipinski definition) is 3. The van der Waals surface area contributed by atoms with Crippen LogP contribution in [0.5, 0.6) is 0 Å². The van der Waals surface area contributed by atoms with Gasteiger partial charge in [-0.25, -0.2) is 0 Å². The van der Waals surface area contributed by atoms with E-state index in [0.29, 0.717) is 12.4 Å². The van der Waals surface area contributed by atoms with Gasteiger partial charge in [-0.05, 0) is 19.9 Å². The molecule has 0 aliphatic rings. The molecule has 0 aliphatic heterocycles. The highest BCUT2D eigenvalue weighted by Gasteiger charge is 2.11. The molecule has 2 heterocycles. The maximum absolute atomic E-state index is 11.9. The molecule has 5 nitrogen and oxygen atoms in total. The summed E-state index contributed by atoms with van der Waals surface area (Å²) in [6, 6.07) is 3.66. The van der Waals surface area contributed by atoms with Crippen LogP contribution in [0, 0.1) is 13.8 Å². The maximum atomic E-state index is 11.9. The Labute approximate surface area is 99.5 Å². The molecule has 0 atom stereocenters. The van der Waals surface area contributed by atoms with Crippen LogP contribution in [0.4, 0.5) is 5.82 Å². The van der Waals surface area contributed by atoms with E-state index in [2.05, 4.69) is 5.10 Å². The van der Waals surface area contributed by atoms with Gasteiger partial charge in [-0.3, -0.25) is 9.48 Å². The first kappa shape index (κ1) is 11.4. The molecule has 0 fully saturated rings. The number of nitrogens with two attached hydrogens (primary N) is 1. The minimum atomic E-state index is 0.00940. The number of aryl methyl sites for hydroxylation is 3. The fourth-order valence-corrected chi connectivity index (χ4v) is 1.87. The molecule has 2 rings (SSSR count). The van der Waals surface area contributed by atoms with Crippen LogP contribution in [0.25, 0.3) is 0 Å². The third kappa shape index (κ3) is 1.95. The maximum Gasteiger partial charge on any atom is 0.253 e. The van der Waals surface area contributed by atoms with Crippen molar-refractivity contribution >= 4 is 5.82 Å². The normalized spacial score (nSPS) is 10.8. The summed E-state index contributed by atoms with van der Waals surface area (Å²) in [5, 5.41) is 4.24. The molecule has 5 heteroatoms. The minimum absolute atomic E-state index is 0.00940. The van der Waals surface area contributed by atoms with Crippen molar-refractivity contribution in [2.75, 3.05) is 5.73 Å². The Balaban J connectivity index is 2.45. The summed E-state index contributed by atoms with van der Waals surface area (Å²) in [6.07, 6.45) is 1.77. The smallest absolute Gasteiger partial charge is 0.253 e. The standard InChI is InChI=1S/C12H16N4O/c1-8-5-4-6-16(12(8)17)7-10-9(2)14-15(3)11(10)13/h4-6H,7,13H2,1-3H3. The lowest BCUT2D eigenvalue weighted by atomic mass is 10.2. The predicted octanol–water partition coefficient (Wildman–Crippen LogP) is 0.829. The molecule has 0 spiro atoms. The summed E-state index contributed by atoms with van der Waals surface area (Å²) in [4.78, 5) is 11.9. The fourth-order valence-electron chi connectivity index (χ4n) is 1.87. The second kappa shape index (κ2) is 4.08. The highest BCUT2D eigenvalue weighted by atomic mass is 16.1. The molecule has 90 valence electrons. The van der Waals surface area contributed by atoms with Crippen LogP contribution in [-0.4, -0.2) is 14.3 Å². The van der Waals surface area contributed by atoms with Crippen molar-refractivity contribution in [3.63, 3.8) is 0 Å². The number of hydrogen-bond donors (Lipinski definition) is 1. The van der Waals surface area contributed by atoms with E-state index in [1.54, 1.807) is 35.5 Å². The Morgan fingerprint density at radius 2 is 2.12 bits per heavy atom. The zero-order valence-corrected chi connectivity index (χ0v) is 10.3. The minimum Gasteiger partial charge on any atom is -0.384 e. The summed E-state index contributed by atoms with van der Waals surface area (Å²) in [5.41, 5.74) is 8.43. The van der Waals surface area contributed by atoms with Crippen LogP contribution >= 0.6 is 0 Å². The van der Waals surface area contributed by atoms with Gasteiger partial charge in [-0.15, -0.1) is 0 Å². The number of nitrogens with zero attached hydrogens (tertiary/aromatic N) is 3. The van der Waals surface area contributed by atoms with E-state index < -0.39 is 0 Å². The first-order valence-electron chi connectivity index (χ1n) is 5.44. The molecule has 17 heavy (non-hydrogen) atoms. The highest BCUT2D eigenvalue weighted by molar-refractivity contribution is 5.43. The lowest BCUT2D eigenvalue weighted by Crippen LogP contribution is -2.22. The van der Waals surface area contributed by atoms with Gasteiger partial charge >= 0.3 is 0 Å². The van der Waals surface area contributed by atoms with E-state index in [1.165, 1.54) is 0 Å². The molecular formula is C12H16N4O. The molecule has 0 saturated heterocycles. The first-order chi connectivity index (χ1) is 8.00. The van der Waals surface area contributed by atoms with Crippen LogP contribution < -0.4 is 11.3 Å². The quantitative estimate of drug-likeness (QED) is 0.834. The topological polar surface area (TPSA) is 65.8 Å². The zero-order chi connectivity index (χ0) is 12.6. The van der Waals surface area contributed by atoms with Gasteiger partial charge in [0.1, 0.15) is 5.82 Å². The monoisotopic (exact) mass is 232 g/mol. The van der Waals surface area contributed by atoms with E-state index in [-0.39, 0.29) is 5.56 Å². The molecule has 2 N–H and O–H groups in total. The van der Waals surface area contributed by atoms with E-state index in [9.17, 15) is 4.79 Å². The molecule has 0 aliphatic carbocycles. The zero-order valence-electron chi connectivity index (χ0n) is 10.3. The van der Waals surface area contributed by atoms with Gasteiger partial charge in [0.2, 0.25) is 0 Å². The molecule has 2 aromatic rings. The van der Waals surface area contributed by atoms with Crippen LogP contribution in [0.3, 0.4) is 0 Å². The van der Waals surface area contributed by atoms with Crippen LogP contribution in [-0.2, 0) is 13.6 Å². The first-order valence-corrected chi connectivity index (χ1v) is 5.44. The second-order valence-electron chi connectivity index (χ2n) is 4.20. The van der Waals surface area contributed by atoms with E-state index in [1.807, 2.05) is 13.0 Å². The summed E-state index contributed by atoms with van der Waals surface area (Å²) in [5.74, 6) is 0.607. The molecule has 0 unspecified atom stereocenters. The van der Waals surface area contributed by atoms with Crippen LogP contribution in [0.2, 0.25) is 0 Å². The highest BCUT2D eigenvalue weighted by Crippen LogP contribution is 2.15. The second-order valence-corrected chi connectivity index (χ2v) is 4.20. The van der Waals surface area contributed by atoms with Gasteiger partial charge in [0.15, 0.2) is 0 Å². The summed E-state index contributed by atoms with van der Waals surface area (Å²) in [7, 11) is 1.80. The number of aromatic nitrogens is 3. The van der Waals surface area contributed by atoms with Crippen LogP contribution in [0.1, 0.15) is 16.8 Å². The fraction of sp³-hybridized carbons (Fsp3) is 0.333. The predicted molar refractivity (Wildman–Crippen MR) is 66.9 cm³/mol. The number of rotatable bonds is 2. The van der Waals surface area contributed by atoms with Crippen molar-refractivity contribution < 1.29 is 0 Å². The Kier molecular flexibility index (Phi) is 2.75. The van der Waals surface area contributed by atoms with Gasteiger partial charge in [-0.1, -0.05) is 6.07 Å². The average molecular weight is 232 g/mol. The van der Waals surface area contributed by atoms with Crippen molar-refractivity contribution in [3.8, 4) is 0 Å². The molecule has 0 bridgehead atoms. The lowest BCUT2D eigenvalue weighted by Gasteiger charge is -2.06. The summed E-state index contributed by atoms with van der Waals surface area (Å²) in [6.45, 7) is 4.16.